The van der Waals surface area contributed by atoms with E-state index in [9.17, 15) is 9.18 Å². The van der Waals surface area contributed by atoms with Crippen LogP contribution in [0.5, 0.6) is 5.75 Å². The molecule has 0 saturated heterocycles. The number of thiophene rings is 1. The number of benzene rings is 2. The maximum Gasteiger partial charge on any atom is 0.246 e. The van der Waals surface area contributed by atoms with Gasteiger partial charge in [0.2, 0.25) is 5.91 Å². The number of hydrogen-bond acceptors (Lipinski definition) is 8. The summed E-state index contributed by atoms with van der Waals surface area (Å²) in [5.41, 5.74) is 11.2. The van der Waals surface area contributed by atoms with Gasteiger partial charge in [-0.3, -0.25) is 14.5 Å². The average Bonchev–Trinajstić information content (AvgIpc) is 3.72. The SMILES string of the molecule is C=CC(=O)N1C[C@H](C)n2nc(-c3nc(-c4ccc(C=NC)c(N)c4)c4sccc4c3-c3c(F)cc(F)cc3OCCOC)cc2[C@H]1C. The number of rotatable bonds is 9. The van der Waals surface area contributed by atoms with E-state index in [1.807, 2.05) is 54.2 Å². The number of pyridine rings is 1. The van der Waals surface area contributed by atoms with Crippen LogP contribution in [0, 0.1) is 11.6 Å². The van der Waals surface area contributed by atoms with Crippen LogP contribution in [0.15, 0.2) is 65.5 Å². The fraction of sp³-hybridized carbons (Fsp3) is 0.257. The number of halogens is 2. The Morgan fingerprint density at radius 3 is 2.68 bits per heavy atom. The van der Waals surface area contributed by atoms with Crippen LogP contribution >= 0.6 is 11.3 Å². The summed E-state index contributed by atoms with van der Waals surface area (Å²) in [4.78, 5) is 23.7. The second-order valence-electron chi connectivity index (χ2n) is 11.3. The average molecular weight is 657 g/mol. The molecule has 1 aliphatic heterocycles. The number of aromatic nitrogens is 3. The molecule has 9 nitrogen and oxygen atoms in total. The lowest BCUT2D eigenvalue weighted by Crippen LogP contribution is -2.42. The van der Waals surface area contributed by atoms with Crippen molar-refractivity contribution in [2.45, 2.75) is 25.9 Å². The lowest BCUT2D eigenvalue weighted by atomic mass is 9.94. The van der Waals surface area contributed by atoms with E-state index < -0.39 is 11.6 Å². The van der Waals surface area contributed by atoms with Gasteiger partial charge in [-0.15, -0.1) is 11.3 Å². The third kappa shape index (κ3) is 5.79. The molecule has 0 bridgehead atoms. The molecule has 0 fully saturated rings. The first-order valence-corrected chi connectivity index (χ1v) is 15.9. The highest BCUT2D eigenvalue weighted by molar-refractivity contribution is 7.17. The summed E-state index contributed by atoms with van der Waals surface area (Å²) in [6.07, 6.45) is 2.99. The lowest BCUT2D eigenvalue weighted by molar-refractivity contribution is -0.129. The van der Waals surface area contributed by atoms with Gasteiger partial charge >= 0.3 is 0 Å². The van der Waals surface area contributed by atoms with E-state index in [4.69, 9.17) is 25.3 Å². The number of ether oxygens (including phenoxy) is 2. The normalized spacial score (nSPS) is 16.2. The lowest BCUT2D eigenvalue weighted by Gasteiger charge is -2.36. The fourth-order valence-corrected chi connectivity index (χ4v) is 6.97. The number of fused-ring (bicyclic) bond motifs is 2. The molecule has 2 aromatic carbocycles. The van der Waals surface area contributed by atoms with Crippen molar-refractivity contribution in [3.05, 3.63) is 83.4 Å². The van der Waals surface area contributed by atoms with Crippen molar-refractivity contribution >= 4 is 39.2 Å². The Morgan fingerprint density at radius 2 is 1.96 bits per heavy atom. The number of methoxy groups -OCH3 is 1. The van der Waals surface area contributed by atoms with Crippen LogP contribution in [-0.2, 0) is 9.53 Å². The fourth-order valence-electron chi connectivity index (χ4n) is 6.06. The summed E-state index contributed by atoms with van der Waals surface area (Å²) >= 11 is 1.45. The van der Waals surface area contributed by atoms with Crippen molar-refractivity contribution in [1.29, 1.82) is 0 Å². The smallest absolute Gasteiger partial charge is 0.246 e. The zero-order valence-electron chi connectivity index (χ0n) is 26.5. The quantitative estimate of drug-likeness (QED) is 0.0787. The second-order valence-corrected chi connectivity index (χ2v) is 12.2. The van der Waals surface area contributed by atoms with Gasteiger partial charge in [0.25, 0.3) is 0 Å². The van der Waals surface area contributed by atoms with Gasteiger partial charge in [0.1, 0.15) is 35.4 Å². The molecule has 0 spiro atoms. The van der Waals surface area contributed by atoms with Crippen molar-refractivity contribution in [3.63, 3.8) is 0 Å². The number of nitrogen functional groups attached to an aromatic ring is 1. The number of aliphatic imine (C=N–C) groups is 1. The van der Waals surface area contributed by atoms with Crippen LogP contribution in [-0.4, -0.2) is 65.7 Å². The third-order valence-electron chi connectivity index (χ3n) is 8.29. The highest BCUT2D eigenvalue weighted by Gasteiger charge is 2.34. The Morgan fingerprint density at radius 1 is 1.15 bits per heavy atom. The van der Waals surface area contributed by atoms with Gasteiger partial charge in [-0.25, -0.2) is 13.8 Å². The topological polar surface area (TPSA) is 108 Å². The molecule has 0 aliphatic carbocycles. The van der Waals surface area contributed by atoms with Crippen LogP contribution in [0.2, 0.25) is 0 Å². The molecule has 6 rings (SSSR count). The Bertz CT molecular complexity index is 2040. The minimum absolute atomic E-state index is 0.0174. The molecule has 2 atom stereocenters. The summed E-state index contributed by atoms with van der Waals surface area (Å²) in [6, 6.07) is 10.9. The molecule has 4 heterocycles. The van der Waals surface area contributed by atoms with Crippen LogP contribution in [0.3, 0.4) is 0 Å². The largest absolute Gasteiger partial charge is 0.490 e. The van der Waals surface area contributed by atoms with E-state index in [1.54, 1.807) is 18.2 Å². The summed E-state index contributed by atoms with van der Waals surface area (Å²) in [7, 11) is 3.20. The summed E-state index contributed by atoms with van der Waals surface area (Å²) < 4.78 is 44.4. The van der Waals surface area contributed by atoms with E-state index in [0.29, 0.717) is 40.3 Å². The number of amides is 1. The number of nitrogens with two attached hydrogens (primary N) is 1. The van der Waals surface area contributed by atoms with E-state index >= 15 is 4.39 Å². The number of carbonyl (C=O) groups is 1. The van der Waals surface area contributed by atoms with Crippen molar-refractivity contribution in [2.24, 2.45) is 4.99 Å². The monoisotopic (exact) mass is 656 g/mol. The van der Waals surface area contributed by atoms with Gasteiger partial charge in [0.05, 0.1) is 40.3 Å². The number of anilines is 1. The molecule has 3 aromatic heterocycles. The molecular formula is C35H34F2N6O3S. The summed E-state index contributed by atoms with van der Waals surface area (Å²) in [5.74, 6) is -1.74. The van der Waals surface area contributed by atoms with E-state index in [2.05, 4.69) is 11.6 Å². The minimum Gasteiger partial charge on any atom is -0.490 e. The highest BCUT2D eigenvalue weighted by atomic mass is 32.1. The number of hydrogen-bond donors (Lipinski definition) is 1. The molecule has 12 heteroatoms. The highest BCUT2D eigenvalue weighted by Crippen LogP contribution is 2.47. The molecule has 242 valence electrons. The predicted molar refractivity (Wildman–Crippen MR) is 182 cm³/mol. The number of nitrogens with zero attached hydrogens (tertiary/aromatic N) is 5. The zero-order chi connectivity index (χ0) is 33.4. The van der Waals surface area contributed by atoms with Crippen LogP contribution in [0.25, 0.3) is 43.9 Å². The summed E-state index contributed by atoms with van der Waals surface area (Å²) in [5, 5.41) is 7.57. The Kier molecular flexibility index (Phi) is 8.89. The van der Waals surface area contributed by atoms with Crippen molar-refractivity contribution in [1.82, 2.24) is 19.7 Å². The van der Waals surface area contributed by atoms with Gasteiger partial charge in [0, 0.05) is 66.8 Å². The van der Waals surface area contributed by atoms with Gasteiger partial charge in [-0.05, 0) is 43.5 Å². The maximum absolute atomic E-state index is 16.1. The second kappa shape index (κ2) is 13.0. The van der Waals surface area contributed by atoms with Gasteiger partial charge < -0.3 is 20.1 Å². The van der Waals surface area contributed by atoms with Crippen LogP contribution in [0.1, 0.15) is 37.2 Å². The molecule has 1 amide bonds. The predicted octanol–water partition coefficient (Wildman–Crippen LogP) is 7.08. The van der Waals surface area contributed by atoms with Gasteiger partial charge in [0.15, 0.2) is 0 Å². The molecule has 1 aliphatic rings. The molecular weight excluding hydrogens is 622 g/mol. The Labute approximate surface area is 275 Å². The van der Waals surface area contributed by atoms with Gasteiger partial charge in [-0.1, -0.05) is 18.7 Å². The van der Waals surface area contributed by atoms with Crippen molar-refractivity contribution in [2.75, 3.05) is 39.6 Å². The van der Waals surface area contributed by atoms with E-state index in [0.717, 1.165) is 27.6 Å². The molecule has 0 radical (unpaired) electrons. The number of carbonyl (C=O) groups excluding carboxylic acids is 1. The first-order chi connectivity index (χ1) is 22.7. The molecule has 0 saturated carbocycles. The van der Waals surface area contributed by atoms with Crippen molar-refractivity contribution in [3.8, 4) is 39.5 Å². The van der Waals surface area contributed by atoms with Gasteiger partial charge in [-0.2, -0.15) is 5.10 Å². The van der Waals surface area contributed by atoms with E-state index in [1.165, 1.54) is 30.6 Å². The first kappa shape index (κ1) is 32.0. The molecule has 5 aromatic rings. The Balaban J connectivity index is 1.65. The van der Waals surface area contributed by atoms with Crippen LogP contribution < -0.4 is 10.5 Å². The standard InChI is InChI=1S/C35H34F2N6O3S/c1-6-30(44)42-18-19(2)43-28(20(42)3)16-27(41-43)34-31(32-25(37)14-23(36)15-29(32)46-11-10-45-5)24-9-12-47-35(24)33(40-34)21-7-8-22(17-39-4)26(38)13-21/h6-9,12-17,19-20H,1,10-11,18,38H2,2-5H3/t19-,20+/m0/s1. The van der Waals surface area contributed by atoms with Crippen molar-refractivity contribution < 1.29 is 23.0 Å². The molecule has 0 unspecified atom stereocenters. The van der Waals surface area contributed by atoms with Crippen LogP contribution in [0.4, 0.5) is 14.5 Å². The maximum atomic E-state index is 16.1. The molecule has 2 N–H and O–H groups in total. The minimum atomic E-state index is -0.804. The molecule has 47 heavy (non-hydrogen) atoms. The first-order valence-electron chi connectivity index (χ1n) is 15.0. The Hall–Kier alpha value is -4.94. The third-order valence-corrected chi connectivity index (χ3v) is 9.21. The zero-order valence-corrected chi connectivity index (χ0v) is 27.3. The summed E-state index contributed by atoms with van der Waals surface area (Å²) in [6.45, 7) is 8.30. The van der Waals surface area contributed by atoms with E-state index in [-0.39, 0.29) is 42.5 Å².